The van der Waals surface area contributed by atoms with Gasteiger partial charge in [-0.05, 0) is 25.0 Å². The highest BCUT2D eigenvalue weighted by molar-refractivity contribution is 7.89. The van der Waals surface area contributed by atoms with Gasteiger partial charge in [0.05, 0.1) is 10.8 Å². The van der Waals surface area contributed by atoms with E-state index in [1.54, 1.807) is 0 Å². The number of nitrogens with zero attached hydrogens (tertiary/aromatic N) is 2. The van der Waals surface area contributed by atoms with E-state index in [4.69, 9.17) is 17.3 Å². The molecule has 3 N–H and O–H groups in total. The van der Waals surface area contributed by atoms with Crippen molar-refractivity contribution in [2.45, 2.75) is 17.7 Å². The normalized spacial score (nSPS) is 18.0. The van der Waals surface area contributed by atoms with Crippen molar-refractivity contribution in [2.24, 2.45) is 11.7 Å². The van der Waals surface area contributed by atoms with Crippen molar-refractivity contribution < 1.29 is 18.1 Å². The zero-order chi connectivity index (χ0) is 18.6. The lowest BCUT2D eigenvalue weighted by molar-refractivity contribution is -0.387. The molecular formula is C14H20Cl2N4O5S. The van der Waals surface area contributed by atoms with Crippen LogP contribution in [-0.2, 0) is 14.8 Å². The number of hydrogen-bond acceptors (Lipinski definition) is 6. The number of nitrogens with one attached hydrogen (secondary N) is 1. The van der Waals surface area contributed by atoms with Gasteiger partial charge in [0.25, 0.3) is 5.69 Å². The zero-order valence-corrected chi connectivity index (χ0v) is 16.1. The van der Waals surface area contributed by atoms with Gasteiger partial charge in [0, 0.05) is 37.3 Å². The molecule has 0 aromatic heterocycles. The van der Waals surface area contributed by atoms with Crippen LogP contribution in [0.2, 0.25) is 5.02 Å². The molecule has 1 aromatic rings. The van der Waals surface area contributed by atoms with E-state index in [2.05, 4.69) is 5.32 Å². The maximum Gasteiger partial charge on any atom is 0.290 e. The van der Waals surface area contributed by atoms with E-state index in [1.807, 2.05) is 0 Å². The molecule has 26 heavy (non-hydrogen) atoms. The second-order valence-electron chi connectivity index (χ2n) is 5.65. The molecule has 1 unspecified atom stereocenters. The Morgan fingerprint density at radius 3 is 2.77 bits per heavy atom. The predicted molar refractivity (Wildman–Crippen MR) is 98.9 cm³/mol. The first kappa shape index (κ1) is 22.6. The lowest BCUT2D eigenvalue weighted by Gasteiger charge is -2.31. The fourth-order valence-corrected chi connectivity index (χ4v) is 4.53. The lowest BCUT2D eigenvalue weighted by atomic mass is 9.99. The lowest BCUT2D eigenvalue weighted by Crippen LogP contribution is -2.46. The highest BCUT2D eigenvalue weighted by Crippen LogP contribution is 2.31. The molecule has 1 fully saturated rings. The number of hydrogen-bond donors (Lipinski definition) is 2. The summed E-state index contributed by atoms with van der Waals surface area (Å²) in [5.74, 6) is -0.780. The van der Waals surface area contributed by atoms with Gasteiger partial charge in [-0.3, -0.25) is 14.9 Å². The number of sulfonamides is 1. The third-order valence-corrected chi connectivity index (χ3v) is 6.08. The molecular weight excluding hydrogens is 407 g/mol. The Morgan fingerprint density at radius 2 is 2.15 bits per heavy atom. The van der Waals surface area contributed by atoms with Crippen molar-refractivity contribution in [3.05, 3.63) is 33.3 Å². The molecule has 0 aliphatic carbocycles. The van der Waals surface area contributed by atoms with E-state index < -0.39 is 31.4 Å². The summed E-state index contributed by atoms with van der Waals surface area (Å²) >= 11 is 5.73. The highest BCUT2D eigenvalue weighted by Gasteiger charge is 2.36. The summed E-state index contributed by atoms with van der Waals surface area (Å²) in [5, 5.41) is 13.9. The number of benzene rings is 1. The van der Waals surface area contributed by atoms with Gasteiger partial charge >= 0.3 is 0 Å². The van der Waals surface area contributed by atoms with Crippen LogP contribution in [0.1, 0.15) is 12.8 Å². The number of halogens is 2. The van der Waals surface area contributed by atoms with Gasteiger partial charge in [0.15, 0.2) is 4.90 Å². The minimum atomic E-state index is -4.11. The smallest absolute Gasteiger partial charge is 0.290 e. The van der Waals surface area contributed by atoms with Gasteiger partial charge in [-0.25, -0.2) is 8.42 Å². The van der Waals surface area contributed by atoms with E-state index in [0.29, 0.717) is 19.4 Å². The molecule has 0 saturated carbocycles. The average molecular weight is 427 g/mol. The van der Waals surface area contributed by atoms with Gasteiger partial charge < -0.3 is 11.1 Å². The van der Waals surface area contributed by atoms with Gasteiger partial charge in [0.2, 0.25) is 15.9 Å². The molecule has 1 amide bonds. The van der Waals surface area contributed by atoms with Crippen molar-refractivity contribution in [3.8, 4) is 0 Å². The number of piperidine rings is 1. The molecule has 12 heteroatoms. The summed E-state index contributed by atoms with van der Waals surface area (Å²) in [6, 6.07) is 3.41. The molecule has 0 radical (unpaired) electrons. The van der Waals surface area contributed by atoms with Crippen molar-refractivity contribution in [1.82, 2.24) is 9.62 Å². The molecule has 1 atom stereocenters. The number of amides is 1. The Balaban J connectivity index is 0.00000338. The minimum Gasteiger partial charge on any atom is -0.355 e. The molecule has 0 spiro atoms. The highest BCUT2D eigenvalue weighted by atomic mass is 35.5. The fraction of sp³-hybridized carbons (Fsp3) is 0.500. The van der Waals surface area contributed by atoms with Crippen LogP contribution in [-0.4, -0.2) is 49.7 Å². The Bertz CT molecular complexity index is 775. The van der Waals surface area contributed by atoms with Gasteiger partial charge in [-0.15, -0.1) is 12.4 Å². The first-order valence-corrected chi connectivity index (χ1v) is 9.51. The monoisotopic (exact) mass is 426 g/mol. The first-order chi connectivity index (χ1) is 11.8. The number of nitro groups is 1. The van der Waals surface area contributed by atoms with Crippen molar-refractivity contribution >= 4 is 45.6 Å². The standard InChI is InChI=1S/C14H19ClN4O5S.ClH/c15-11-3-4-13(12(8-11)19(21)22)25(23,24)18-7-1-2-10(9-18)14(20)17-6-5-16;/h3-4,8,10H,1-2,5-7,9,16H2,(H,17,20);1H. The topological polar surface area (TPSA) is 136 Å². The van der Waals surface area contributed by atoms with E-state index in [0.717, 1.165) is 16.4 Å². The summed E-state index contributed by atoms with van der Waals surface area (Å²) in [6.45, 7) is 0.767. The second-order valence-corrected chi connectivity index (χ2v) is 7.99. The largest absolute Gasteiger partial charge is 0.355 e. The van der Waals surface area contributed by atoms with Crippen LogP contribution in [0.15, 0.2) is 23.1 Å². The summed E-state index contributed by atoms with van der Waals surface area (Å²) in [7, 11) is -4.11. The number of carbonyl (C=O) groups excluding carboxylic acids is 1. The third kappa shape index (κ3) is 5.04. The predicted octanol–water partition coefficient (Wildman–Crippen LogP) is 1.15. The Hall–Kier alpha value is -1.46. The van der Waals surface area contributed by atoms with E-state index >= 15 is 0 Å². The summed E-state index contributed by atoms with van der Waals surface area (Å²) in [4.78, 5) is 22.0. The number of nitrogens with two attached hydrogens (primary N) is 1. The molecule has 9 nitrogen and oxygen atoms in total. The van der Waals surface area contributed by atoms with E-state index in [1.165, 1.54) is 6.07 Å². The zero-order valence-electron chi connectivity index (χ0n) is 13.8. The van der Waals surface area contributed by atoms with Crippen LogP contribution >= 0.6 is 24.0 Å². The van der Waals surface area contributed by atoms with Crippen LogP contribution in [0, 0.1) is 16.0 Å². The molecule has 1 aliphatic rings. The summed E-state index contributed by atoms with van der Waals surface area (Å²) < 4.78 is 26.8. The fourth-order valence-electron chi connectivity index (χ4n) is 2.70. The average Bonchev–Trinajstić information content (AvgIpc) is 2.59. The van der Waals surface area contributed by atoms with Crippen LogP contribution in [0.5, 0.6) is 0 Å². The van der Waals surface area contributed by atoms with Crippen molar-refractivity contribution in [1.29, 1.82) is 0 Å². The molecule has 1 heterocycles. The van der Waals surface area contributed by atoms with Gasteiger partial charge in [-0.1, -0.05) is 11.6 Å². The molecule has 1 aliphatic heterocycles. The number of nitro benzene ring substituents is 1. The van der Waals surface area contributed by atoms with E-state index in [-0.39, 0.29) is 43.0 Å². The van der Waals surface area contributed by atoms with Gasteiger partial charge in [0.1, 0.15) is 0 Å². The van der Waals surface area contributed by atoms with Gasteiger partial charge in [-0.2, -0.15) is 4.31 Å². The second kappa shape index (κ2) is 9.47. The molecule has 1 saturated heterocycles. The van der Waals surface area contributed by atoms with Crippen LogP contribution < -0.4 is 11.1 Å². The number of carbonyl (C=O) groups is 1. The van der Waals surface area contributed by atoms with Crippen LogP contribution in [0.3, 0.4) is 0 Å². The van der Waals surface area contributed by atoms with E-state index in [9.17, 15) is 23.3 Å². The van der Waals surface area contributed by atoms with Crippen molar-refractivity contribution in [3.63, 3.8) is 0 Å². The van der Waals surface area contributed by atoms with Crippen LogP contribution in [0.25, 0.3) is 0 Å². The summed E-state index contributed by atoms with van der Waals surface area (Å²) in [5.41, 5.74) is 4.76. The third-order valence-electron chi connectivity index (χ3n) is 3.93. The molecule has 0 bridgehead atoms. The molecule has 2 rings (SSSR count). The Kier molecular flexibility index (Phi) is 8.22. The first-order valence-electron chi connectivity index (χ1n) is 7.69. The molecule has 146 valence electrons. The van der Waals surface area contributed by atoms with Crippen LogP contribution in [0.4, 0.5) is 5.69 Å². The maximum atomic E-state index is 12.8. The molecule has 1 aromatic carbocycles. The Labute approximate surface area is 162 Å². The maximum absolute atomic E-state index is 12.8. The number of rotatable bonds is 6. The summed E-state index contributed by atoms with van der Waals surface area (Å²) in [6.07, 6.45) is 1.03. The quantitative estimate of drug-likeness (QED) is 0.516. The SMILES string of the molecule is Cl.NCCNC(=O)C1CCCN(S(=O)(=O)c2ccc(Cl)cc2[N+](=O)[O-])C1. The van der Waals surface area contributed by atoms with Crippen molar-refractivity contribution in [2.75, 3.05) is 26.2 Å². The Morgan fingerprint density at radius 1 is 1.46 bits per heavy atom. The minimum absolute atomic E-state index is 0.